The Hall–Kier alpha value is -3.59. The predicted octanol–water partition coefficient (Wildman–Crippen LogP) is 2.81. The largest absolute Gasteiger partial charge is 0.326 e. The number of rotatable bonds is 6. The molecule has 0 aliphatic heterocycles. The summed E-state index contributed by atoms with van der Waals surface area (Å²) in [6.07, 6.45) is 1.70. The average Bonchev–Trinajstić information content (AvgIpc) is 3.08. The van der Waals surface area contributed by atoms with Crippen LogP contribution < -0.4 is 16.0 Å². The molecule has 0 saturated heterocycles. The van der Waals surface area contributed by atoms with E-state index in [0.29, 0.717) is 28.7 Å². The molecule has 0 fully saturated rings. The first-order valence-electron chi connectivity index (χ1n) is 10.2. The fraction of sp³-hybridized carbons (Fsp3) is 0.217. The van der Waals surface area contributed by atoms with Crippen molar-refractivity contribution in [3.8, 4) is 11.1 Å². The van der Waals surface area contributed by atoms with Crippen LogP contribution in [0, 0.1) is 6.92 Å². The Labute approximate surface area is 185 Å². The van der Waals surface area contributed by atoms with Crippen LogP contribution in [0.15, 0.2) is 64.3 Å². The smallest absolute Gasteiger partial charge is 0.318 e. The van der Waals surface area contributed by atoms with Crippen LogP contribution in [0.3, 0.4) is 0 Å². The predicted molar refractivity (Wildman–Crippen MR) is 127 cm³/mol. The molecule has 9 heteroatoms. The maximum atomic E-state index is 12.8. The monoisotopic (exact) mass is 452 g/mol. The molecule has 0 atom stereocenters. The van der Waals surface area contributed by atoms with Crippen LogP contribution in [0.25, 0.3) is 22.2 Å². The number of imidazole rings is 1. The van der Waals surface area contributed by atoms with Gasteiger partial charge < -0.3 is 9.55 Å². The van der Waals surface area contributed by atoms with Gasteiger partial charge in [0.1, 0.15) is 0 Å². The maximum absolute atomic E-state index is 12.8. The van der Waals surface area contributed by atoms with E-state index >= 15 is 0 Å². The van der Waals surface area contributed by atoms with E-state index in [1.165, 1.54) is 4.57 Å². The van der Waals surface area contributed by atoms with E-state index in [0.717, 1.165) is 11.1 Å². The van der Waals surface area contributed by atoms with Gasteiger partial charge in [-0.1, -0.05) is 30.3 Å². The standard InChI is InChI=1S/C23H24N4O4S/c1-4-32(30,31)25-19-11-17(18-10-15(2)22(28)26(3)14-18)12-20-21(19)24-23(29)27(20)13-16-8-6-5-7-9-16/h5-12,14,25H,4,13H2,1-3H3,(H,24,29). The second-order valence-electron chi connectivity index (χ2n) is 7.75. The van der Waals surface area contributed by atoms with Gasteiger partial charge in [0.15, 0.2) is 0 Å². The van der Waals surface area contributed by atoms with Crippen LogP contribution in [0.4, 0.5) is 5.69 Å². The Morgan fingerprint density at radius 1 is 1.03 bits per heavy atom. The first-order chi connectivity index (χ1) is 15.2. The lowest BCUT2D eigenvalue weighted by molar-refractivity contribution is 0.602. The van der Waals surface area contributed by atoms with E-state index in [9.17, 15) is 18.0 Å². The van der Waals surface area contributed by atoms with Crippen molar-refractivity contribution in [2.24, 2.45) is 7.05 Å². The van der Waals surface area contributed by atoms with Crippen LogP contribution in [0.2, 0.25) is 0 Å². The molecule has 8 nitrogen and oxygen atoms in total. The van der Waals surface area contributed by atoms with Crippen LogP contribution >= 0.6 is 0 Å². The van der Waals surface area contributed by atoms with Gasteiger partial charge in [-0.25, -0.2) is 13.2 Å². The fourth-order valence-electron chi connectivity index (χ4n) is 3.70. The number of aryl methyl sites for hydroxylation is 2. The van der Waals surface area contributed by atoms with Gasteiger partial charge in [0.25, 0.3) is 5.56 Å². The molecule has 0 radical (unpaired) electrons. The summed E-state index contributed by atoms with van der Waals surface area (Å²) >= 11 is 0. The minimum absolute atomic E-state index is 0.105. The van der Waals surface area contributed by atoms with Gasteiger partial charge in [-0.2, -0.15) is 0 Å². The molecule has 2 heterocycles. The minimum Gasteiger partial charge on any atom is -0.318 e. The highest BCUT2D eigenvalue weighted by molar-refractivity contribution is 7.92. The molecule has 4 rings (SSSR count). The SMILES string of the molecule is CCS(=O)(=O)Nc1cc(-c2cc(C)c(=O)n(C)c2)cc2c1[nH]c(=O)n2Cc1ccccc1. The molecule has 0 saturated carbocycles. The van der Waals surface area contributed by atoms with Crippen LogP contribution in [-0.4, -0.2) is 28.3 Å². The lowest BCUT2D eigenvalue weighted by Crippen LogP contribution is -2.18. The van der Waals surface area contributed by atoms with Crippen LogP contribution in [-0.2, 0) is 23.6 Å². The highest BCUT2D eigenvalue weighted by atomic mass is 32.2. The van der Waals surface area contributed by atoms with Crippen LogP contribution in [0.5, 0.6) is 0 Å². The molecule has 0 amide bonds. The van der Waals surface area contributed by atoms with Crippen LogP contribution in [0.1, 0.15) is 18.1 Å². The van der Waals surface area contributed by atoms with Crippen molar-refractivity contribution in [3.05, 3.63) is 86.7 Å². The summed E-state index contributed by atoms with van der Waals surface area (Å²) in [5.41, 5.74) is 3.75. The molecule has 2 aromatic carbocycles. The number of aromatic amines is 1. The number of pyridine rings is 1. The number of nitrogens with one attached hydrogen (secondary N) is 2. The first-order valence-corrected chi connectivity index (χ1v) is 11.8. The molecule has 0 aliphatic carbocycles. The van der Waals surface area contributed by atoms with Gasteiger partial charge in [-0.15, -0.1) is 0 Å². The molecule has 2 N–H and O–H groups in total. The Morgan fingerprint density at radius 2 is 1.75 bits per heavy atom. The molecule has 32 heavy (non-hydrogen) atoms. The van der Waals surface area contributed by atoms with Crippen molar-refractivity contribution in [1.82, 2.24) is 14.1 Å². The van der Waals surface area contributed by atoms with Gasteiger partial charge in [0.05, 0.1) is 29.0 Å². The van der Waals surface area contributed by atoms with Crippen molar-refractivity contribution < 1.29 is 8.42 Å². The van der Waals surface area contributed by atoms with Gasteiger partial charge in [0, 0.05) is 18.8 Å². The zero-order valence-electron chi connectivity index (χ0n) is 18.0. The lowest BCUT2D eigenvalue weighted by atomic mass is 10.0. The molecular formula is C23H24N4O4S. The number of fused-ring (bicyclic) bond motifs is 1. The average molecular weight is 453 g/mol. The summed E-state index contributed by atoms with van der Waals surface area (Å²) in [7, 11) is -1.92. The number of anilines is 1. The maximum Gasteiger partial charge on any atom is 0.326 e. The van der Waals surface area contributed by atoms with E-state index in [-0.39, 0.29) is 22.7 Å². The van der Waals surface area contributed by atoms with Crippen molar-refractivity contribution in [1.29, 1.82) is 0 Å². The van der Waals surface area contributed by atoms with Gasteiger partial charge in [0.2, 0.25) is 10.0 Å². The number of benzene rings is 2. The Kier molecular flexibility index (Phi) is 5.52. The zero-order chi connectivity index (χ0) is 23.0. The summed E-state index contributed by atoms with van der Waals surface area (Å²) in [4.78, 5) is 27.8. The van der Waals surface area contributed by atoms with E-state index in [1.54, 1.807) is 43.8 Å². The van der Waals surface area contributed by atoms with E-state index in [4.69, 9.17) is 0 Å². The number of aromatic nitrogens is 3. The molecule has 0 bridgehead atoms. The summed E-state index contributed by atoms with van der Waals surface area (Å²) < 4.78 is 30.3. The number of hydrogen-bond donors (Lipinski definition) is 2. The number of H-pyrrole nitrogens is 1. The highest BCUT2D eigenvalue weighted by Gasteiger charge is 2.17. The van der Waals surface area contributed by atoms with Crippen molar-refractivity contribution >= 4 is 26.7 Å². The Morgan fingerprint density at radius 3 is 2.41 bits per heavy atom. The van der Waals surface area contributed by atoms with Crippen molar-refractivity contribution in [3.63, 3.8) is 0 Å². The Balaban J connectivity index is 1.98. The minimum atomic E-state index is -3.58. The molecular weight excluding hydrogens is 428 g/mol. The van der Waals surface area contributed by atoms with Gasteiger partial charge in [-0.3, -0.25) is 14.1 Å². The van der Waals surface area contributed by atoms with E-state index in [2.05, 4.69) is 9.71 Å². The number of hydrogen-bond acceptors (Lipinski definition) is 4. The van der Waals surface area contributed by atoms with Gasteiger partial charge >= 0.3 is 5.69 Å². The van der Waals surface area contributed by atoms with Crippen molar-refractivity contribution in [2.75, 3.05) is 10.5 Å². The number of sulfonamides is 1. The van der Waals surface area contributed by atoms with E-state index in [1.807, 2.05) is 36.4 Å². The quantitative estimate of drug-likeness (QED) is 0.469. The molecule has 166 valence electrons. The second-order valence-corrected chi connectivity index (χ2v) is 9.76. The molecule has 4 aromatic rings. The Bertz CT molecular complexity index is 1500. The molecule has 0 unspecified atom stereocenters. The second kappa shape index (κ2) is 8.16. The highest BCUT2D eigenvalue weighted by Crippen LogP contribution is 2.30. The number of nitrogens with zero attached hydrogens (tertiary/aromatic N) is 2. The third-order valence-corrected chi connectivity index (χ3v) is 6.70. The first kappa shape index (κ1) is 21.6. The molecule has 0 aliphatic rings. The van der Waals surface area contributed by atoms with Crippen molar-refractivity contribution in [2.45, 2.75) is 20.4 Å². The van der Waals surface area contributed by atoms with Gasteiger partial charge in [-0.05, 0) is 48.7 Å². The normalized spacial score (nSPS) is 11.7. The molecule has 2 aromatic heterocycles. The summed E-state index contributed by atoms with van der Waals surface area (Å²) in [5, 5.41) is 0. The summed E-state index contributed by atoms with van der Waals surface area (Å²) in [6.45, 7) is 3.60. The zero-order valence-corrected chi connectivity index (χ0v) is 18.9. The third kappa shape index (κ3) is 4.11. The van der Waals surface area contributed by atoms with E-state index < -0.39 is 10.0 Å². The third-order valence-electron chi connectivity index (χ3n) is 5.41. The topological polar surface area (TPSA) is 106 Å². The summed E-state index contributed by atoms with van der Waals surface area (Å²) in [6, 6.07) is 14.8. The molecule has 0 spiro atoms. The summed E-state index contributed by atoms with van der Waals surface area (Å²) in [5.74, 6) is -0.105. The fourth-order valence-corrected chi connectivity index (χ4v) is 4.34. The lowest BCUT2D eigenvalue weighted by Gasteiger charge is -2.13.